The highest BCUT2D eigenvalue weighted by molar-refractivity contribution is 5.75. The molecule has 2 aromatic rings. The molecule has 0 fully saturated rings. The zero-order valence-corrected chi connectivity index (χ0v) is 15.1. The minimum atomic E-state index is 0.105. The lowest BCUT2D eigenvalue weighted by Gasteiger charge is -2.25. The topological polar surface area (TPSA) is 52.6 Å². The highest BCUT2D eigenvalue weighted by atomic mass is 16.3. The Bertz CT molecular complexity index is 639. The van der Waals surface area contributed by atoms with Gasteiger partial charge in [-0.25, -0.2) is 0 Å². The molecule has 0 bridgehead atoms. The number of phenols is 1. The predicted molar refractivity (Wildman–Crippen MR) is 102 cm³/mol. The molecule has 4 nitrogen and oxygen atoms in total. The molecule has 0 aliphatic carbocycles. The van der Waals surface area contributed by atoms with E-state index in [-0.39, 0.29) is 17.7 Å². The van der Waals surface area contributed by atoms with Crippen molar-refractivity contribution in [3.63, 3.8) is 0 Å². The fraction of sp³-hybridized carbons (Fsp3) is 0.381. The average Bonchev–Trinajstić information content (AvgIpc) is 2.61. The van der Waals surface area contributed by atoms with E-state index in [9.17, 15) is 9.90 Å². The van der Waals surface area contributed by atoms with E-state index < -0.39 is 0 Å². The molecule has 0 aliphatic heterocycles. The van der Waals surface area contributed by atoms with Crippen LogP contribution in [0, 0.1) is 0 Å². The molecule has 0 unspecified atom stereocenters. The molecule has 1 amide bonds. The number of aryl methyl sites for hydroxylation is 1. The van der Waals surface area contributed by atoms with Gasteiger partial charge in [0.2, 0.25) is 5.91 Å². The van der Waals surface area contributed by atoms with E-state index in [1.54, 1.807) is 12.1 Å². The maximum Gasteiger partial charge on any atom is 0.220 e. The number of hydrogen-bond donors (Lipinski definition) is 2. The zero-order chi connectivity index (χ0) is 18.1. The van der Waals surface area contributed by atoms with Crippen molar-refractivity contribution in [1.82, 2.24) is 10.2 Å². The molecule has 0 aromatic heterocycles. The van der Waals surface area contributed by atoms with Crippen molar-refractivity contribution in [2.75, 3.05) is 20.6 Å². The van der Waals surface area contributed by atoms with Gasteiger partial charge in [-0.15, -0.1) is 0 Å². The van der Waals surface area contributed by atoms with Crippen molar-refractivity contribution in [2.24, 2.45) is 0 Å². The van der Waals surface area contributed by atoms with Crippen molar-refractivity contribution < 1.29 is 9.90 Å². The number of likely N-dealkylation sites (N-methyl/N-ethyl adjacent to an activating group) is 1. The number of nitrogens with one attached hydrogen (secondary N) is 1. The number of aromatic hydroxyl groups is 1. The normalized spacial score (nSPS) is 12.1. The van der Waals surface area contributed by atoms with Gasteiger partial charge in [-0.1, -0.05) is 42.5 Å². The third kappa shape index (κ3) is 6.98. The lowest BCUT2D eigenvalue weighted by molar-refractivity contribution is -0.121. The Labute approximate surface area is 150 Å². The molecule has 0 aliphatic rings. The minimum Gasteiger partial charge on any atom is -0.508 e. The summed E-state index contributed by atoms with van der Waals surface area (Å²) in [4.78, 5) is 14.2. The molecule has 0 spiro atoms. The summed E-state index contributed by atoms with van der Waals surface area (Å²) in [6, 6.07) is 17.7. The second-order valence-corrected chi connectivity index (χ2v) is 6.63. The summed E-state index contributed by atoms with van der Waals surface area (Å²) in [5.74, 6) is 0.380. The number of carbonyl (C=O) groups excluding carboxylic acids is 1. The maximum absolute atomic E-state index is 12.1. The summed E-state index contributed by atoms with van der Waals surface area (Å²) < 4.78 is 0. The van der Waals surface area contributed by atoms with Crippen LogP contribution in [0.25, 0.3) is 0 Å². The third-order valence-corrected chi connectivity index (χ3v) is 4.38. The SMILES string of the molecule is CN(C)[C@H](CNC(=O)CCCc1ccccc1)Cc1ccc(O)cc1. The molecule has 4 heteroatoms. The van der Waals surface area contributed by atoms with Crippen LogP contribution in [-0.2, 0) is 17.6 Å². The number of hydrogen-bond acceptors (Lipinski definition) is 3. The molecule has 0 heterocycles. The second-order valence-electron chi connectivity index (χ2n) is 6.63. The monoisotopic (exact) mass is 340 g/mol. The molecule has 0 radical (unpaired) electrons. The average molecular weight is 340 g/mol. The summed E-state index contributed by atoms with van der Waals surface area (Å²) in [6.07, 6.45) is 3.17. The van der Waals surface area contributed by atoms with Gasteiger partial charge in [0.1, 0.15) is 5.75 Å². The summed E-state index contributed by atoms with van der Waals surface area (Å²) in [6.45, 7) is 0.623. The van der Waals surface area contributed by atoms with Crippen LogP contribution in [0.15, 0.2) is 54.6 Å². The van der Waals surface area contributed by atoms with Gasteiger partial charge in [0, 0.05) is 19.0 Å². The van der Waals surface area contributed by atoms with Crippen LogP contribution in [0.2, 0.25) is 0 Å². The number of phenolic OH excluding ortho intramolecular Hbond substituents is 1. The van der Waals surface area contributed by atoms with Gasteiger partial charge < -0.3 is 15.3 Å². The van der Waals surface area contributed by atoms with Crippen molar-refractivity contribution in [3.05, 3.63) is 65.7 Å². The first-order valence-electron chi connectivity index (χ1n) is 8.79. The molecule has 0 saturated heterocycles. The van der Waals surface area contributed by atoms with Gasteiger partial charge in [0.15, 0.2) is 0 Å². The number of nitrogens with zero attached hydrogens (tertiary/aromatic N) is 1. The van der Waals surface area contributed by atoms with E-state index in [0.717, 1.165) is 24.8 Å². The van der Waals surface area contributed by atoms with Crippen LogP contribution >= 0.6 is 0 Å². The first-order chi connectivity index (χ1) is 12.0. The molecule has 25 heavy (non-hydrogen) atoms. The Morgan fingerprint density at radius 1 is 1.04 bits per heavy atom. The Morgan fingerprint density at radius 2 is 1.72 bits per heavy atom. The van der Waals surface area contributed by atoms with Crippen molar-refractivity contribution in [2.45, 2.75) is 31.7 Å². The van der Waals surface area contributed by atoms with Gasteiger partial charge in [0.25, 0.3) is 0 Å². The van der Waals surface area contributed by atoms with Crippen LogP contribution in [0.3, 0.4) is 0 Å². The molecular weight excluding hydrogens is 312 g/mol. The summed E-state index contributed by atoms with van der Waals surface area (Å²) >= 11 is 0. The Hall–Kier alpha value is -2.33. The molecular formula is C21H28N2O2. The maximum atomic E-state index is 12.1. The summed E-state index contributed by atoms with van der Waals surface area (Å²) in [5, 5.41) is 12.4. The molecule has 134 valence electrons. The summed E-state index contributed by atoms with van der Waals surface area (Å²) in [5.41, 5.74) is 2.42. The fourth-order valence-corrected chi connectivity index (χ4v) is 2.76. The van der Waals surface area contributed by atoms with Crippen molar-refractivity contribution >= 4 is 5.91 Å². The minimum absolute atomic E-state index is 0.105. The number of benzene rings is 2. The van der Waals surface area contributed by atoms with Crippen LogP contribution in [0.1, 0.15) is 24.0 Å². The highest BCUT2D eigenvalue weighted by Gasteiger charge is 2.13. The first kappa shape index (κ1) is 19.0. The standard InChI is InChI=1S/C21H28N2O2/c1-23(2)19(15-18-11-13-20(24)14-12-18)16-22-21(25)10-6-9-17-7-4-3-5-8-17/h3-5,7-8,11-14,19,24H,6,9-10,15-16H2,1-2H3,(H,22,25)/t19-/m0/s1. The predicted octanol–water partition coefficient (Wildman–Crippen LogP) is 3.00. The van der Waals surface area contributed by atoms with Gasteiger partial charge in [-0.2, -0.15) is 0 Å². The van der Waals surface area contributed by atoms with E-state index in [2.05, 4.69) is 22.3 Å². The van der Waals surface area contributed by atoms with Gasteiger partial charge in [0.05, 0.1) is 0 Å². The van der Waals surface area contributed by atoms with E-state index in [1.165, 1.54) is 5.56 Å². The van der Waals surface area contributed by atoms with Crippen molar-refractivity contribution in [3.8, 4) is 5.75 Å². The van der Waals surface area contributed by atoms with E-state index in [0.29, 0.717) is 13.0 Å². The molecule has 2 rings (SSSR count). The molecule has 1 atom stereocenters. The van der Waals surface area contributed by atoms with Gasteiger partial charge >= 0.3 is 0 Å². The zero-order valence-electron chi connectivity index (χ0n) is 15.1. The Kier molecular flexibility index (Phi) is 7.48. The largest absolute Gasteiger partial charge is 0.508 e. The molecule has 0 saturated carbocycles. The second kappa shape index (κ2) is 9.84. The van der Waals surface area contributed by atoms with E-state index in [1.807, 2.05) is 44.4 Å². The lowest BCUT2D eigenvalue weighted by atomic mass is 10.0. The van der Waals surface area contributed by atoms with Crippen LogP contribution in [-0.4, -0.2) is 42.6 Å². The summed E-state index contributed by atoms with van der Waals surface area (Å²) in [7, 11) is 4.04. The van der Waals surface area contributed by atoms with Crippen molar-refractivity contribution in [1.29, 1.82) is 0 Å². The third-order valence-electron chi connectivity index (χ3n) is 4.38. The smallest absolute Gasteiger partial charge is 0.220 e. The van der Waals surface area contributed by atoms with E-state index >= 15 is 0 Å². The number of carbonyl (C=O) groups is 1. The quantitative estimate of drug-likeness (QED) is 0.738. The van der Waals surface area contributed by atoms with Crippen LogP contribution in [0.5, 0.6) is 5.75 Å². The lowest BCUT2D eigenvalue weighted by Crippen LogP contribution is -2.41. The fourth-order valence-electron chi connectivity index (χ4n) is 2.76. The first-order valence-corrected chi connectivity index (χ1v) is 8.79. The molecule has 2 N–H and O–H groups in total. The van der Waals surface area contributed by atoms with Crippen LogP contribution < -0.4 is 5.32 Å². The van der Waals surface area contributed by atoms with E-state index in [4.69, 9.17) is 0 Å². The van der Waals surface area contributed by atoms with Crippen LogP contribution in [0.4, 0.5) is 0 Å². The number of rotatable bonds is 9. The Morgan fingerprint density at radius 3 is 2.36 bits per heavy atom. The van der Waals surface area contributed by atoms with Gasteiger partial charge in [-0.3, -0.25) is 4.79 Å². The van der Waals surface area contributed by atoms with Gasteiger partial charge in [-0.05, 0) is 56.6 Å². The number of amides is 1. The molecule has 2 aromatic carbocycles. The Balaban J connectivity index is 1.74. The highest BCUT2D eigenvalue weighted by Crippen LogP contribution is 2.12.